The molecule has 14 N–H and O–H groups in total. The van der Waals surface area contributed by atoms with E-state index in [1.807, 2.05) is 0 Å². The van der Waals surface area contributed by atoms with Gasteiger partial charge in [0, 0.05) is 13.1 Å². The molecule has 0 bridgehead atoms. The van der Waals surface area contributed by atoms with Crippen LogP contribution in [-0.4, -0.2) is 137 Å². The number of aliphatic imine (C=N–C) groups is 1. The summed E-state index contributed by atoms with van der Waals surface area (Å²) in [5, 5.41) is 33.2. The molecule has 0 aliphatic carbocycles. The van der Waals surface area contributed by atoms with Gasteiger partial charge in [-0.3, -0.25) is 48.1 Å². The fourth-order valence-corrected chi connectivity index (χ4v) is 6.45. The minimum atomic E-state index is -1.58. The number of likely N-dealkylation sites (tertiary alicyclic amines) is 1. The van der Waals surface area contributed by atoms with Crippen molar-refractivity contribution in [2.45, 2.75) is 109 Å². The molecule has 0 radical (unpaired) electrons. The quantitative estimate of drug-likeness (QED) is 0.0266. The number of nitrogens with zero attached hydrogens (tertiary/aromatic N) is 2. The highest BCUT2D eigenvalue weighted by Gasteiger charge is 2.39. The van der Waals surface area contributed by atoms with E-state index in [0.29, 0.717) is 6.42 Å². The topological polar surface area (TPSA) is 360 Å². The van der Waals surface area contributed by atoms with Crippen LogP contribution in [0.2, 0.25) is 0 Å². The van der Waals surface area contributed by atoms with E-state index >= 15 is 0 Å². The monoisotopic (exact) mass is 859 g/mol. The first-order chi connectivity index (χ1) is 28.7. The van der Waals surface area contributed by atoms with Crippen LogP contribution in [0.3, 0.4) is 0 Å². The SMILES string of the molecule is CC(C)C[C@H](NC(=O)[C@@H](NC(=O)CNC(=O)[C@H](CC(=O)O)NC(=O)[C@@H](N)Cc1ccccc1)C(C)C)C(=O)N[C@@H](CCCN=C(N)N)C(=O)N1CCC[C@H]1C(=O)NCC(=O)O. The van der Waals surface area contributed by atoms with Crippen LogP contribution in [0.15, 0.2) is 35.3 Å². The van der Waals surface area contributed by atoms with E-state index in [1.165, 1.54) is 4.90 Å². The van der Waals surface area contributed by atoms with Gasteiger partial charge in [0.1, 0.15) is 36.8 Å². The Kier molecular flexibility index (Phi) is 21.1. The number of rotatable bonds is 25. The second kappa shape index (κ2) is 25.3. The van der Waals surface area contributed by atoms with Crippen molar-refractivity contribution >= 4 is 59.2 Å². The summed E-state index contributed by atoms with van der Waals surface area (Å²) in [5.74, 6) is -8.90. The average molecular weight is 860 g/mol. The maximum absolute atomic E-state index is 13.9. The van der Waals surface area contributed by atoms with Crippen molar-refractivity contribution in [3.05, 3.63) is 35.9 Å². The molecule has 1 saturated heterocycles. The second-order valence-electron chi connectivity index (χ2n) is 15.5. The predicted molar refractivity (Wildman–Crippen MR) is 221 cm³/mol. The smallest absolute Gasteiger partial charge is 0.322 e. The van der Waals surface area contributed by atoms with Gasteiger partial charge < -0.3 is 64.2 Å². The van der Waals surface area contributed by atoms with Crippen LogP contribution < -0.4 is 49.1 Å². The fourth-order valence-electron chi connectivity index (χ4n) is 6.45. The Hall–Kier alpha value is -6.32. The summed E-state index contributed by atoms with van der Waals surface area (Å²) >= 11 is 0. The van der Waals surface area contributed by atoms with Gasteiger partial charge in [-0.15, -0.1) is 0 Å². The van der Waals surface area contributed by atoms with Crippen LogP contribution in [0.1, 0.15) is 71.8 Å². The Morgan fingerprint density at radius 1 is 0.787 bits per heavy atom. The van der Waals surface area contributed by atoms with E-state index in [1.54, 1.807) is 58.0 Å². The molecule has 22 heteroatoms. The summed E-state index contributed by atoms with van der Waals surface area (Å²) in [4.78, 5) is 121. The summed E-state index contributed by atoms with van der Waals surface area (Å²) in [6.07, 6.45) is 0.416. The van der Waals surface area contributed by atoms with Crippen LogP contribution in [0.25, 0.3) is 0 Å². The molecule has 338 valence electrons. The molecule has 6 atom stereocenters. The van der Waals surface area contributed by atoms with E-state index in [0.717, 1.165) is 5.56 Å². The van der Waals surface area contributed by atoms with Gasteiger partial charge in [-0.05, 0) is 55.9 Å². The van der Waals surface area contributed by atoms with Crippen LogP contribution in [-0.2, 0) is 49.6 Å². The van der Waals surface area contributed by atoms with Gasteiger partial charge in [0.25, 0.3) is 0 Å². The first-order valence-electron chi connectivity index (χ1n) is 20.0. The van der Waals surface area contributed by atoms with Crippen LogP contribution in [0.5, 0.6) is 0 Å². The van der Waals surface area contributed by atoms with E-state index in [4.69, 9.17) is 22.3 Å². The third kappa shape index (κ3) is 18.2. The normalized spacial score (nSPS) is 15.9. The number of carboxylic acid groups (broad SMARTS) is 2. The Labute approximate surface area is 353 Å². The zero-order chi connectivity index (χ0) is 45.8. The van der Waals surface area contributed by atoms with Crippen molar-refractivity contribution in [1.82, 2.24) is 36.8 Å². The van der Waals surface area contributed by atoms with Gasteiger partial charge in [0.05, 0.1) is 19.0 Å². The number of guanidine groups is 1. The number of carbonyl (C=O) groups excluding carboxylic acids is 7. The summed E-state index contributed by atoms with van der Waals surface area (Å²) in [5.41, 5.74) is 17.6. The first-order valence-corrected chi connectivity index (χ1v) is 20.0. The van der Waals surface area contributed by atoms with E-state index in [9.17, 15) is 48.3 Å². The molecule has 0 aromatic heterocycles. The van der Waals surface area contributed by atoms with Gasteiger partial charge in [0.15, 0.2) is 5.96 Å². The Bertz CT molecular complexity index is 1740. The minimum Gasteiger partial charge on any atom is -0.481 e. The molecular weight excluding hydrogens is 798 g/mol. The highest BCUT2D eigenvalue weighted by atomic mass is 16.4. The fraction of sp³-hybridized carbons (Fsp3) is 0.590. The van der Waals surface area contributed by atoms with Crippen molar-refractivity contribution in [1.29, 1.82) is 0 Å². The molecule has 0 spiro atoms. The molecule has 0 saturated carbocycles. The molecule has 61 heavy (non-hydrogen) atoms. The number of benzene rings is 1. The van der Waals surface area contributed by atoms with Crippen molar-refractivity contribution in [3.63, 3.8) is 0 Å². The van der Waals surface area contributed by atoms with E-state index < -0.39 is 115 Å². The van der Waals surface area contributed by atoms with Gasteiger partial charge in [-0.25, -0.2) is 0 Å². The lowest BCUT2D eigenvalue weighted by Gasteiger charge is -2.30. The molecule has 1 aliphatic rings. The van der Waals surface area contributed by atoms with Gasteiger partial charge >= 0.3 is 11.9 Å². The van der Waals surface area contributed by atoms with Crippen molar-refractivity contribution in [3.8, 4) is 0 Å². The predicted octanol–water partition coefficient (Wildman–Crippen LogP) is -2.97. The van der Waals surface area contributed by atoms with Crippen LogP contribution >= 0.6 is 0 Å². The summed E-state index contributed by atoms with van der Waals surface area (Å²) in [7, 11) is 0. The van der Waals surface area contributed by atoms with Gasteiger partial charge in [0.2, 0.25) is 41.4 Å². The number of nitrogens with two attached hydrogens (primary N) is 3. The maximum atomic E-state index is 13.9. The molecule has 1 aromatic rings. The molecule has 7 amide bonds. The van der Waals surface area contributed by atoms with Gasteiger partial charge in [-0.1, -0.05) is 58.0 Å². The lowest BCUT2D eigenvalue weighted by molar-refractivity contribution is -0.143. The average Bonchev–Trinajstić information content (AvgIpc) is 3.68. The molecule has 22 nitrogen and oxygen atoms in total. The summed E-state index contributed by atoms with van der Waals surface area (Å²) in [6.45, 7) is 5.80. The minimum absolute atomic E-state index is 0.0392. The highest BCUT2D eigenvalue weighted by Crippen LogP contribution is 2.20. The number of hydrogen-bond donors (Lipinski definition) is 11. The van der Waals surface area contributed by atoms with Crippen LogP contribution in [0.4, 0.5) is 0 Å². The number of nitrogens with one attached hydrogen (secondary N) is 6. The van der Waals surface area contributed by atoms with Crippen molar-refractivity contribution in [2.24, 2.45) is 34.0 Å². The number of aliphatic carboxylic acids is 2. The van der Waals surface area contributed by atoms with Crippen LogP contribution in [0, 0.1) is 11.8 Å². The molecule has 2 rings (SSSR count). The first kappa shape index (κ1) is 50.8. The zero-order valence-electron chi connectivity index (χ0n) is 35.0. The molecule has 1 aromatic carbocycles. The number of hydrogen-bond acceptors (Lipinski definition) is 11. The van der Waals surface area contributed by atoms with E-state index in [2.05, 4.69) is 36.9 Å². The number of carbonyl (C=O) groups is 9. The number of amides is 7. The molecular formula is C39H61N11O11. The molecule has 1 heterocycles. The number of carboxylic acids is 2. The summed E-state index contributed by atoms with van der Waals surface area (Å²) < 4.78 is 0. The molecule has 1 fully saturated rings. The second-order valence-corrected chi connectivity index (χ2v) is 15.5. The lowest BCUT2D eigenvalue weighted by atomic mass is 9.99. The zero-order valence-corrected chi connectivity index (χ0v) is 35.0. The lowest BCUT2D eigenvalue weighted by Crippen LogP contribution is -2.59. The highest BCUT2D eigenvalue weighted by molar-refractivity contribution is 5.97. The molecule has 1 aliphatic heterocycles. The van der Waals surface area contributed by atoms with Gasteiger partial charge in [-0.2, -0.15) is 0 Å². The third-order valence-electron chi connectivity index (χ3n) is 9.49. The third-order valence-corrected chi connectivity index (χ3v) is 9.49. The van der Waals surface area contributed by atoms with Crippen molar-refractivity contribution < 1.29 is 53.4 Å². The Morgan fingerprint density at radius 2 is 1.43 bits per heavy atom. The standard InChI is InChI=1S/C39H61N11O11/c1-21(2)16-26(35(58)46-25(12-8-14-43-39(41)42)38(61)50-15-9-13-28(50)36(59)45-20-31(54)55)48-37(60)32(22(3)4)49-29(51)19-44-34(57)27(18-30(52)53)47-33(56)24(40)17-23-10-6-5-7-11-23/h5-7,10-11,21-22,24-28,32H,8-9,12-20,40H2,1-4H3,(H,44,57)(H,45,59)(H,46,58)(H,47,56)(H,48,60)(H,49,51)(H,52,53)(H,54,55)(H4,41,42,43)/t24-,25-,26-,27-,28-,32-/m0/s1. The molecule has 0 unspecified atom stereocenters. The van der Waals surface area contributed by atoms with Crippen molar-refractivity contribution in [2.75, 3.05) is 26.2 Å². The largest absolute Gasteiger partial charge is 0.481 e. The van der Waals surface area contributed by atoms with E-state index in [-0.39, 0.29) is 57.1 Å². The Morgan fingerprint density at radius 3 is 2.02 bits per heavy atom. The summed E-state index contributed by atoms with van der Waals surface area (Å²) in [6, 6.07) is 1.51. The maximum Gasteiger partial charge on any atom is 0.322 e. The Balaban J connectivity index is 2.16.